The predicted octanol–water partition coefficient (Wildman–Crippen LogP) is 7.79. The van der Waals surface area contributed by atoms with Crippen molar-refractivity contribution in [2.45, 2.75) is 124 Å². The van der Waals surface area contributed by atoms with Crippen LogP contribution in [0, 0.1) is 46.3 Å². The molecule has 0 aromatic carbocycles. The Bertz CT molecular complexity index is 633. The highest BCUT2D eigenvalue weighted by Crippen LogP contribution is 2.68. The van der Waals surface area contributed by atoms with Gasteiger partial charge in [-0.2, -0.15) is 0 Å². The Morgan fingerprint density at radius 2 is 1.67 bits per heavy atom. The lowest BCUT2D eigenvalue weighted by atomic mass is 9.44. The molecular weight excluding hydrogens is 368 g/mol. The van der Waals surface area contributed by atoms with E-state index in [-0.39, 0.29) is 11.6 Å². The van der Waals surface area contributed by atoms with Crippen LogP contribution in [0.15, 0.2) is 0 Å². The summed E-state index contributed by atoms with van der Waals surface area (Å²) < 4.78 is 5.58. The minimum Gasteiger partial charge on any atom is -0.460 e. The molecule has 2 heteroatoms. The Balaban J connectivity index is 1.42. The molecule has 0 N–H and O–H groups in total. The number of carbonyl (C=O) groups is 1. The van der Waals surface area contributed by atoms with Gasteiger partial charge in [0.25, 0.3) is 0 Å². The van der Waals surface area contributed by atoms with Gasteiger partial charge in [-0.05, 0) is 125 Å². The van der Waals surface area contributed by atoms with Crippen LogP contribution in [0.4, 0.5) is 0 Å². The van der Waals surface area contributed by atoms with Crippen molar-refractivity contribution in [1.82, 2.24) is 0 Å². The summed E-state index contributed by atoms with van der Waals surface area (Å²) >= 11 is 0. The molecule has 0 aromatic rings. The summed E-state index contributed by atoms with van der Waals surface area (Å²) in [5.41, 5.74) is 0.784. The van der Waals surface area contributed by atoms with Crippen molar-refractivity contribution >= 4 is 5.97 Å². The number of fused-ring (bicyclic) bond motifs is 5. The number of hydrogen-bond donors (Lipinski definition) is 0. The van der Waals surface area contributed by atoms with Crippen LogP contribution in [-0.2, 0) is 9.53 Å². The van der Waals surface area contributed by atoms with Gasteiger partial charge in [0.15, 0.2) is 0 Å². The molecule has 4 aliphatic rings. The SMILES string of the molecule is CC(CCC(=O)OC(C)(C)C)C1CCC2C3CCC4CCCCC4(C)C3CCC12C. The zero-order valence-corrected chi connectivity index (χ0v) is 20.8. The molecule has 172 valence electrons. The molecule has 4 fully saturated rings. The molecule has 30 heavy (non-hydrogen) atoms. The summed E-state index contributed by atoms with van der Waals surface area (Å²) in [5, 5.41) is 0. The first-order valence-electron chi connectivity index (χ1n) is 13.3. The van der Waals surface area contributed by atoms with Gasteiger partial charge in [0, 0.05) is 6.42 Å². The van der Waals surface area contributed by atoms with E-state index in [4.69, 9.17) is 4.74 Å². The van der Waals surface area contributed by atoms with Crippen molar-refractivity contribution in [3.8, 4) is 0 Å². The summed E-state index contributed by atoms with van der Waals surface area (Å²) in [6.45, 7) is 13.7. The zero-order chi connectivity index (χ0) is 21.7. The van der Waals surface area contributed by atoms with E-state index in [0.717, 1.165) is 36.0 Å². The van der Waals surface area contributed by atoms with Crippen molar-refractivity contribution in [3.05, 3.63) is 0 Å². The third kappa shape index (κ3) is 3.99. The topological polar surface area (TPSA) is 26.3 Å². The summed E-state index contributed by atoms with van der Waals surface area (Å²) in [6.07, 6.45) is 16.3. The maximum absolute atomic E-state index is 12.3. The molecule has 0 bridgehead atoms. The molecule has 0 heterocycles. The fourth-order valence-corrected chi connectivity index (χ4v) is 9.21. The maximum Gasteiger partial charge on any atom is 0.306 e. The van der Waals surface area contributed by atoms with Crippen LogP contribution >= 0.6 is 0 Å². The third-order valence-electron chi connectivity index (χ3n) is 10.6. The van der Waals surface area contributed by atoms with E-state index < -0.39 is 0 Å². The van der Waals surface area contributed by atoms with Crippen LogP contribution in [0.5, 0.6) is 0 Å². The molecule has 0 radical (unpaired) electrons. The smallest absolute Gasteiger partial charge is 0.306 e. The van der Waals surface area contributed by atoms with E-state index >= 15 is 0 Å². The Kier molecular flexibility index (Phi) is 6.12. The lowest BCUT2D eigenvalue weighted by Crippen LogP contribution is -2.53. The van der Waals surface area contributed by atoms with E-state index in [0.29, 0.717) is 23.2 Å². The Hall–Kier alpha value is -0.530. The van der Waals surface area contributed by atoms with E-state index in [1.165, 1.54) is 64.2 Å². The summed E-state index contributed by atoms with van der Waals surface area (Å²) in [4.78, 5) is 12.3. The summed E-state index contributed by atoms with van der Waals surface area (Å²) in [5.74, 6) is 5.33. The Labute approximate surface area is 186 Å². The quantitative estimate of drug-likeness (QED) is 0.437. The standard InChI is InChI=1S/C28H48O2/c1-19(10-15-25(29)30-26(2,3)4)22-13-14-23-21-12-11-20-9-7-8-17-27(20,5)24(21)16-18-28(22,23)6/h19-24H,7-18H2,1-6H3. The van der Waals surface area contributed by atoms with Gasteiger partial charge in [0.05, 0.1) is 0 Å². The monoisotopic (exact) mass is 416 g/mol. The molecule has 4 saturated carbocycles. The highest BCUT2D eigenvalue weighted by Gasteiger charge is 2.60. The van der Waals surface area contributed by atoms with E-state index in [1.54, 1.807) is 0 Å². The first-order chi connectivity index (χ1) is 14.0. The first-order valence-corrected chi connectivity index (χ1v) is 13.3. The maximum atomic E-state index is 12.3. The molecule has 0 spiro atoms. The fourth-order valence-electron chi connectivity index (χ4n) is 9.21. The number of carbonyl (C=O) groups excluding carboxylic acids is 1. The van der Waals surface area contributed by atoms with Gasteiger partial charge in [0.1, 0.15) is 5.60 Å². The lowest BCUT2D eigenvalue weighted by Gasteiger charge is -2.61. The van der Waals surface area contributed by atoms with Gasteiger partial charge in [-0.3, -0.25) is 4.79 Å². The molecule has 2 nitrogen and oxygen atoms in total. The van der Waals surface area contributed by atoms with Crippen LogP contribution in [-0.4, -0.2) is 11.6 Å². The largest absolute Gasteiger partial charge is 0.460 e. The van der Waals surface area contributed by atoms with E-state index in [2.05, 4.69) is 20.8 Å². The van der Waals surface area contributed by atoms with Crippen LogP contribution in [0.25, 0.3) is 0 Å². The Morgan fingerprint density at radius 1 is 0.933 bits per heavy atom. The van der Waals surface area contributed by atoms with Gasteiger partial charge in [0.2, 0.25) is 0 Å². The summed E-state index contributed by atoms with van der Waals surface area (Å²) in [7, 11) is 0. The molecule has 0 aromatic heterocycles. The molecule has 4 rings (SSSR count). The van der Waals surface area contributed by atoms with Crippen molar-refractivity contribution < 1.29 is 9.53 Å². The number of ether oxygens (including phenoxy) is 1. The van der Waals surface area contributed by atoms with Crippen LogP contribution in [0.3, 0.4) is 0 Å². The molecule has 8 unspecified atom stereocenters. The number of hydrogen-bond acceptors (Lipinski definition) is 2. The van der Waals surface area contributed by atoms with E-state index in [1.807, 2.05) is 20.8 Å². The van der Waals surface area contributed by atoms with E-state index in [9.17, 15) is 4.79 Å². The Morgan fingerprint density at radius 3 is 2.40 bits per heavy atom. The molecule has 0 amide bonds. The second-order valence-electron chi connectivity index (χ2n) is 13.2. The molecule has 8 atom stereocenters. The van der Waals surface area contributed by atoms with Gasteiger partial charge in [-0.25, -0.2) is 0 Å². The van der Waals surface area contributed by atoms with Crippen LogP contribution < -0.4 is 0 Å². The molecular formula is C28H48O2. The minimum absolute atomic E-state index is 0.0127. The van der Waals surface area contributed by atoms with Crippen LogP contribution in [0.2, 0.25) is 0 Å². The predicted molar refractivity (Wildman–Crippen MR) is 124 cm³/mol. The average Bonchev–Trinajstić information content (AvgIpc) is 3.01. The van der Waals surface area contributed by atoms with Crippen molar-refractivity contribution in [3.63, 3.8) is 0 Å². The zero-order valence-electron chi connectivity index (χ0n) is 20.8. The third-order valence-corrected chi connectivity index (χ3v) is 10.6. The van der Waals surface area contributed by atoms with Gasteiger partial charge in [-0.1, -0.05) is 33.6 Å². The number of esters is 1. The second-order valence-corrected chi connectivity index (χ2v) is 13.2. The summed E-state index contributed by atoms with van der Waals surface area (Å²) in [6, 6.07) is 0. The van der Waals surface area contributed by atoms with Gasteiger partial charge >= 0.3 is 5.97 Å². The normalized spacial score (nSPS) is 44.5. The van der Waals surface area contributed by atoms with Crippen molar-refractivity contribution in [2.24, 2.45) is 46.3 Å². The average molecular weight is 417 g/mol. The van der Waals surface area contributed by atoms with Gasteiger partial charge in [-0.15, -0.1) is 0 Å². The highest BCUT2D eigenvalue weighted by atomic mass is 16.6. The molecule has 4 aliphatic carbocycles. The van der Waals surface area contributed by atoms with Crippen molar-refractivity contribution in [2.75, 3.05) is 0 Å². The first kappa shape index (κ1) is 22.7. The fraction of sp³-hybridized carbons (Fsp3) is 0.964. The number of rotatable bonds is 4. The van der Waals surface area contributed by atoms with Crippen molar-refractivity contribution in [1.29, 1.82) is 0 Å². The minimum atomic E-state index is -0.364. The second kappa shape index (κ2) is 8.11. The lowest BCUT2D eigenvalue weighted by molar-refractivity contribution is -0.155. The highest BCUT2D eigenvalue weighted by molar-refractivity contribution is 5.69. The van der Waals surface area contributed by atoms with Gasteiger partial charge < -0.3 is 4.74 Å². The molecule has 0 aliphatic heterocycles. The van der Waals surface area contributed by atoms with Crippen LogP contribution in [0.1, 0.15) is 119 Å². The molecule has 0 saturated heterocycles.